The van der Waals surface area contributed by atoms with Gasteiger partial charge in [0.15, 0.2) is 0 Å². The average Bonchev–Trinajstić information content (AvgIpc) is 2.48. The highest BCUT2D eigenvalue weighted by molar-refractivity contribution is 9.10. The Morgan fingerprint density at radius 1 is 1.00 bits per heavy atom. The summed E-state index contributed by atoms with van der Waals surface area (Å²) in [6.45, 7) is -0.298. The van der Waals surface area contributed by atoms with Crippen molar-refractivity contribution in [3.8, 4) is 0 Å². The van der Waals surface area contributed by atoms with Gasteiger partial charge >= 0.3 is 0 Å². The molecule has 3 nitrogen and oxygen atoms in total. The Morgan fingerprint density at radius 2 is 1.70 bits per heavy atom. The number of nitrogens with zero attached hydrogens (tertiary/aromatic N) is 1. The molecule has 0 saturated heterocycles. The minimum atomic E-state index is -0.749. The van der Waals surface area contributed by atoms with Crippen LogP contribution in [0.15, 0.2) is 51.5 Å². The quantitative estimate of drug-likeness (QED) is 0.810. The molecule has 2 aromatic rings. The maximum atomic E-state index is 9.85. The zero-order chi connectivity index (χ0) is 14.6. The monoisotopic (exact) mass is 399 g/mol. The minimum Gasteiger partial charge on any atom is -0.395 e. The lowest BCUT2D eigenvalue weighted by atomic mass is 9.78. The second kappa shape index (κ2) is 6.80. The normalized spacial score (nSPS) is 11.6. The van der Waals surface area contributed by atoms with Crippen LogP contribution in [0.3, 0.4) is 0 Å². The van der Waals surface area contributed by atoms with Crippen molar-refractivity contribution >= 4 is 31.9 Å². The van der Waals surface area contributed by atoms with E-state index < -0.39 is 5.41 Å². The van der Waals surface area contributed by atoms with Crippen molar-refractivity contribution in [2.45, 2.75) is 11.8 Å². The summed E-state index contributed by atoms with van der Waals surface area (Å²) in [6.07, 6.45) is 2.19. The third-order valence-corrected chi connectivity index (χ3v) is 4.52. The molecule has 0 saturated carbocycles. The first-order valence-corrected chi connectivity index (χ1v) is 7.77. The molecule has 1 heterocycles. The van der Waals surface area contributed by atoms with E-state index in [0.29, 0.717) is 6.42 Å². The highest BCUT2D eigenvalue weighted by Crippen LogP contribution is 2.33. The van der Waals surface area contributed by atoms with Crippen molar-refractivity contribution < 1.29 is 10.2 Å². The Kier molecular flexibility index (Phi) is 5.32. The van der Waals surface area contributed by atoms with Crippen LogP contribution in [0, 0.1) is 0 Å². The molecule has 2 N–H and O–H groups in total. The van der Waals surface area contributed by atoms with Crippen molar-refractivity contribution in [2.24, 2.45) is 0 Å². The van der Waals surface area contributed by atoms with Crippen LogP contribution in [-0.2, 0) is 11.8 Å². The van der Waals surface area contributed by atoms with Gasteiger partial charge in [0.2, 0.25) is 0 Å². The zero-order valence-corrected chi connectivity index (χ0v) is 13.9. The maximum Gasteiger partial charge on any atom is 0.0554 e. The largest absolute Gasteiger partial charge is 0.395 e. The molecule has 0 unspecified atom stereocenters. The lowest BCUT2D eigenvalue weighted by Gasteiger charge is -2.31. The molecule has 0 spiro atoms. The first-order valence-electron chi connectivity index (χ1n) is 6.18. The number of hydrogen-bond acceptors (Lipinski definition) is 3. The van der Waals surface area contributed by atoms with Crippen molar-refractivity contribution in [3.05, 3.63) is 62.8 Å². The van der Waals surface area contributed by atoms with Crippen LogP contribution in [0.2, 0.25) is 0 Å². The fourth-order valence-electron chi connectivity index (χ4n) is 2.18. The van der Waals surface area contributed by atoms with Crippen molar-refractivity contribution in [3.63, 3.8) is 0 Å². The molecule has 2 rings (SSSR count). The Morgan fingerprint density at radius 3 is 2.25 bits per heavy atom. The number of halogens is 2. The molecule has 5 heteroatoms. The molecule has 0 fully saturated rings. The fraction of sp³-hybridized carbons (Fsp3) is 0.267. The molecule has 0 atom stereocenters. The van der Waals surface area contributed by atoms with Gasteiger partial charge in [-0.1, -0.05) is 34.1 Å². The van der Waals surface area contributed by atoms with E-state index in [1.165, 1.54) is 0 Å². The smallest absolute Gasteiger partial charge is 0.0554 e. The molecule has 1 aromatic heterocycles. The van der Waals surface area contributed by atoms with Crippen LogP contribution >= 0.6 is 31.9 Å². The van der Waals surface area contributed by atoms with Crippen LogP contribution in [-0.4, -0.2) is 28.4 Å². The molecule has 0 radical (unpaired) electrons. The summed E-state index contributed by atoms with van der Waals surface area (Å²) in [7, 11) is 0. The number of pyridine rings is 1. The average molecular weight is 401 g/mol. The van der Waals surface area contributed by atoms with E-state index in [1.54, 1.807) is 6.20 Å². The van der Waals surface area contributed by atoms with Crippen molar-refractivity contribution in [2.75, 3.05) is 13.2 Å². The van der Waals surface area contributed by atoms with Crippen LogP contribution < -0.4 is 0 Å². The first kappa shape index (κ1) is 15.6. The van der Waals surface area contributed by atoms with E-state index in [-0.39, 0.29) is 13.2 Å². The SMILES string of the molecule is OCC(CO)(Cc1ccc(Br)cn1)c1ccccc1Br. The minimum absolute atomic E-state index is 0.149. The van der Waals surface area contributed by atoms with Crippen LogP contribution in [0.1, 0.15) is 11.3 Å². The van der Waals surface area contributed by atoms with Crippen LogP contribution in [0.25, 0.3) is 0 Å². The maximum absolute atomic E-state index is 9.85. The topological polar surface area (TPSA) is 53.4 Å². The summed E-state index contributed by atoms with van der Waals surface area (Å²) in [5.41, 5.74) is 0.961. The molecule has 0 aliphatic heterocycles. The molecule has 0 aliphatic carbocycles. The lowest BCUT2D eigenvalue weighted by molar-refractivity contribution is 0.115. The molecular weight excluding hydrogens is 386 g/mol. The molecule has 0 bridgehead atoms. The first-order chi connectivity index (χ1) is 9.61. The van der Waals surface area contributed by atoms with Gasteiger partial charge in [0.1, 0.15) is 0 Å². The van der Waals surface area contributed by atoms with Crippen molar-refractivity contribution in [1.82, 2.24) is 4.98 Å². The Hall–Kier alpha value is -0.750. The van der Waals surface area contributed by atoms with Gasteiger partial charge < -0.3 is 10.2 Å². The van der Waals surface area contributed by atoms with Crippen LogP contribution in [0.4, 0.5) is 0 Å². The molecule has 20 heavy (non-hydrogen) atoms. The second-order valence-corrected chi connectivity index (χ2v) is 6.49. The number of rotatable bonds is 5. The standard InChI is InChI=1S/C15H15Br2NO2/c16-11-5-6-12(18-8-11)7-15(9-19,10-20)13-3-1-2-4-14(13)17/h1-6,8,19-20H,7,9-10H2. The summed E-state index contributed by atoms with van der Waals surface area (Å²) >= 11 is 6.84. The Bertz CT molecular complexity index is 568. The van der Waals surface area contributed by atoms with Crippen LogP contribution in [0.5, 0.6) is 0 Å². The van der Waals surface area contributed by atoms with Gasteiger partial charge in [0, 0.05) is 32.7 Å². The summed E-state index contributed by atoms with van der Waals surface area (Å²) in [5.74, 6) is 0. The third kappa shape index (κ3) is 3.28. The van der Waals surface area contributed by atoms with Crippen molar-refractivity contribution in [1.29, 1.82) is 0 Å². The highest BCUT2D eigenvalue weighted by Gasteiger charge is 2.33. The molecule has 0 aliphatic rings. The van der Waals surface area contributed by atoms with Gasteiger partial charge in [-0.05, 0) is 39.7 Å². The van der Waals surface area contributed by atoms with Gasteiger partial charge in [-0.3, -0.25) is 4.98 Å². The van der Waals surface area contributed by atoms with E-state index in [9.17, 15) is 10.2 Å². The lowest BCUT2D eigenvalue weighted by Crippen LogP contribution is -2.38. The van der Waals surface area contributed by atoms with Gasteiger partial charge in [-0.15, -0.1) is 0 Å². The number of aromatic nitrogens is 1. The van der Waals surface area contributed by atoms with E-state index >= 15 is 0 Å². The molecule has 1 aromatic carbocycles. The second-order valence-electron chi connectivity index (χ2n) is 4.72. The van der Waals surface area contributed by atoms with E-state index in [2.05, 4.69) is 36.8 Å². The Labute approximate surface area is 134 Å². The predicted octanol–water partition coefficient (Wildman–Crippen LogP) is 3.07. The van der Waals surface area contributed by atoms with E-state index in [4.69, 9.17) is 0 Å². The summed E-state index contributed by atoms with van der Waals surface area (Å²) < 4.78 is 1.78. The number of benzene rings is 1. The molecular formula is C15H15Br2NO2. The van der Waals surface area contributed by atoms with E-state index in [0.717, 1.165) is 20.2 Å². The number of hydrogen-bond donors (Lipinski definition) is 2. The van der Waals surface area contributed by atoms with Gasteiger partial charge in [0.25, 0.3) is 0 Å². The van der Waals surface area contributed by atoms with Gasteiger partial charge in [-0.25, -0.2) is 0 Å². The van der Waals surface area contributed by atoms with E-state index in [1.807, 2.05) is 36.4 Å². The third-order valence-electron chi connectivity index (χ3n) is 3.36. The molecule has 0 amide bonds. The summed E-state index contributed by atoms with van der Waals surface area (Å²) in [4.78, 5) is 4.33. The van der Waals surface area contributed by atoms with Gasteiger partial charge in [0.05, 0.1) is 13.2 Å². The predicted molar refractivity (Wildman–Crippen MR) is 85.6 cm³/mol. The summed E-state index contributed by atoms with van der Waals surface area (Å²) in [5, 5.41) is 19.7. The highest BCUT2D eigenvalue weighted by atomic mass is 79.9. The number of aliphatic hydroxyl groups is 2. The number of aliphatic hydroxyl groups excluding tert-OH is 2. The summed E-state index contributed by atoms with van der Waals surface area (Å²) in [6, 6.07) is 11.4. The fourth-order valence-corrected chi connectivity index (χ4v) is 3.12. The Balaban J connectivity index is 2.39. The van der Waals surface area contributed by atoms with Gasteiger partial charge in [-0.2, -0.15) is 0 Å². The zero-order valence-electron chi connectivity index (χ0n) is 10.8. The molecule has 106 valence electrons.